The third-order valence-corrected chi connectivity index (χ3v) is 14.2. The van der Waals surface area contributed by atoms with Gasteiger partial charge in [0.15, 0.2) is 7.14 Å². The van der Waals surface area contributed by atoms with Crippen LogP contribution < -0.4 is 15.9 Å². The molecule has 3 heterocycles. The summed E-state index contributed by atoms with van der Waals surface area (Å²) in [6.45, 7) is 0. The van der Waals surface area contributed by atoms with Crippen LogP contribution in [0.25, 0.3) is 62.6 Å². The molecular weight excluding hydrogens is 618 g/mol. The first-order chi connectivity index (χ1) is 22.7. The molecule has 9 rings (SSSR count). The molecule has 0 spiro atoms. The van der Waals surface area contributed by atoms with E-state index in [9.17, 15) is 0 Å². The van der Waals surface area contributed by atoms with Crippen LogP contribution in [0.1, 0.15) is 0 Å². The highest BCUT2D eigenvalue weighted by atomic mass is 32.1. The highest BCUT2D eigenvalue weighted by Crippen LogP contribution is 2.45. The second kappa shape index (κ2) is 10.9. The van der Waals surface area contributed by atoms with Gasteiger partial charge in [-0.05, 0) is 59.2 Å². The lowest BCUT2D eigenvalue weighted by Gasteiger charge is -2.20. The molecule has 0 atom stereocenters. The van der Waals surface area contributed by atoms with Crippen molar-refractivity contribution in [3.8, 4) is 22.3 Å². The molecular formula is C41H26NOPS2. The lowest BCUT2D eigenvalue weighted by molar-refractivity contribution is 0.592. The van der Waals surface area contributed by atoms with Crippen LogP contribution in [-0.2, 0) is 4.57 Å². The summed E-state index contributed by atoms with van der Waals surface area (Å²) < 4.78 is 20.2. The van der Waals surface area contributed by atoms with E-state index in [2.05, 4.69) is 89.9 Å². The van der Waals surface area contributed by atoms with Crippen molar-refractivity contribution in [1.82, 2.24) is 4.98 Å². The number of thiophene rings is 2. The van der Waals surface area contributed by atoms with Gasteiger partial charge in [-0.15, -0.1) is 22.7 Å². The SMILES string of the molecule is O=P(c1ccccc1)(c1ccccc1)c1cncc(-c2ccc3sc4ccc(-c5cccc6sc7ccccc7c56)cc4c3c2)c1. The highest BCUT2D eigenvalue weighted by molar-refractivity contribution is 7.85. The number of pyridine rings is 1. The van der Waals surface area contributed by atoms with Crippen LogP contribution in [0.4, 0.5) is 0 Å². The standard InChI is InChI=1S/C41H26NOPS2/c43-44(30-10-3-1-4-11-30,31-12-5-2-6-13-31)32-22-29(25-42-26-32)27-18-20-38-35(23-27)36-24-28(19-21-39(36)45-38)33-15-9-17-40-41(33)34-14-7-8-16-37(34)46-40/h1-26H. The van der Waals surface area contributed by atoms with E-state index in [4.69, 9.17) is 0 Å². The molecule has 0 amide bonds. The first-order valence-electron chi connectivity index (χ1n) is 15.2. The lowest BCUT2D eigenvalue weighted by Crippen LogP contribution is -2.25. The molecule has 9 aromatic rings. The minimum absolute atomic E-state index is 0.732. The maximum absolute atomic E-state index is 15.0. The number of aromatic nitrogens is 1. The molecule has 0 N–H and O–H groups in total. The molecule has 0 saturated heterocycles. The molecule has 0 saturated carbocycles. The third-order valence-electron chi connectivity index (χ3n) is 8.84. The van der Waals surface area contributed by atoms with Crippen molar-refractivity contribution in [2.24, 2.45) is 0 Å². The molecule has 2 nitrogen and oxygen atoms in total. The Morgan fingerprint density at radius 2 is 1.02 bits per heavy atom. The number of hydrogen-bond acceptors (Lipinski definition) is 4. The summed E-state index contributed by atoms with van der Waals surface area (Å²) >= 11 is 3.68. The van der Waals surface area contributed by atoms with Crippen LogP contribution in [0.3, 0.4) is 0 Å². The normalized spacial score (nSPS) is 12.0. The van der Waals surface area contributed by atoms with Gasteiger partial charge >= 0.3 is 0 Å². The van der Waals surface area contributed by atoms with Crippen LogP contribution in [-0.4, -0.2) is 4.98 Å². The van der Waals surface area contributed by atoms with E-state index < -0.39 is 7.14 Å². The van der Waals surface area contributed by atoms with E-state index in [0.29, 0.717) is 0 Å². The van der Waals surface area contributed by atoms with Crippen molar-refractivity contribution < 1.29 is 4.57 Å². The van der Waals surface area contributed by atoms with Gasteiger partial charge in [0.2, 0.25) is 0 Å². The Morgan fingerprint density at radius 1 is 0.435 bits per heavy atom. The van der Waals surface area contributed by atoms with Gasteiger partial charge in [0.1, 0.15) is 0 Å². The minimum atomic E-state index is -3.13. The van der Waals surface area contributed by atoms with E-state index in [1.165, 1.54) is 51.5 Å². The quantitative estimate of drug-likeness (QED) is 0.175. The van der Waals surface area contributed by atoms with Crippen molar-refractivity contribution >= 4 is 86.1 Å². The molecule has 0 aliphatic rings. The Hall–Kier alpha value is -4.86. The van der Waals surface area contributed by atoms with Gasteiger partial charge < -0.3 is 4.57 Å². The van der Waals surface area contributed by atoms with E-state index in [0.717, 1.165) is 27.0 Å². The fraction of sp³-hybridized carbons (Fsp3) is 0. The Labute approximate surface area is 274 Å². The summed E-state index contributed by atoms with van der Waals surface area (Å²) in [4.78, 5) is 4.64. The van der Waals surface area contributed by atoms with Crippen molar-refractivity contribution in [3.05, 3.63) is 158 Å². The van der Waals surface area contributed by atoms with Gasteiger partial charge in [0, 0.05) is 74.2 Å². The first-order valence-corrected chi connectivity index (χ1v) is 18.5. The molecule has 46 heavy (non-hydrogen) atoms. The summed E-state index contributed by atoms with van der Waals surface area (Å²) in [5.74, 6) is 0. The molecule has 0 bridgehead atoms. The molecule has 0 aliphatic heterocycles. The number of hydrogen-bond donors (Lipinski definition) is 0. The third kappa shape index (κ3) is 4.37. The number of benzene rings is 6. The van der Waals surface area contributed by atoms with Gasteiger partial charge in [-0.3, -0.25) is 4.98 Å². The van der Waals surface area contributed by atoms with E-state index in [1.807, 2.05) is 89.5 Å². The fourth-order valence-electron chi connectivity index (χ4n) is 6.62. The van der Waals surface area contributed by atoms with Crippen molar-refractivity contribution in [1.29, 1.82) is 0 Å². The van der Waals surface area contributed by atoms with Crippen molar-refractivity contribution in [2.45, 2.75) is 0 Å². The minimum Gasteiger partial charge on any atom is -0.309 e. The molecule has 0 unspecified atom stereocenters. The largest absolute Gasteiger partial charge is 0.309 e. The average molecular weight is 644 g/mol. The maximum atomic E-state index is 15.0. The highest BCUT2D eigenvalue weighted by Gasteiger charge is 2.30. The van der Waals surface area contributed by atoms with Crippen LogP contribution in [0.15, 0.2) is 158 Å². The Bertz CT molecular complexity index is 2580. The number of rotatable bonds is 5. The van der Waals surface area contributed by atoms with Gasteiger partial charge in [-0.25, -0.2) is 0 Å². The Kier molecular flexibility index (Phi) is 6.50. The first kappa shape index (κ1) is 27.5. The fourth-order valence-corrected chi connectivity index (χ4v) is 11.4. The summed E-state index contributed by atoms with van der Waals surface area (Å²) in [7, 11) is -3.13. The van der Waals surface area contributed by atoms with E-state index >= 15 is 4.57 Å². The van der Waals surface area contributed by atoms with Crippen LogP contribution >= 0.6 is 29.8 Å². The summed E-state index contributed by atoms with van der Waals surface area (Å²) in [5, 5.41) is 7.45. The molecule has 218 valence electrons. The monoisotopic (exact) mass is 643 g/mol. The van der Waals surface area contributed by atoms with Crippen LogP contribution in [0.5, 0.6) is 0 Å². The van der Waals surface area contributed by atoms with E-state index in [1.54, 1.807) is 6.20 Å². The van der Waals surface area contributed by atoms with Crippen LogP contribution in [0.2, 0.25) is 0 Å². The molecule has 5 heteroatoms. The predicted octanol–water partition coefficient (Wildman–Crippen LogP) is 10.8. The van der Waals surface area contributed by atoms with Gasteiger partial charge in [0.25, 0.3) is 0 Å². The Morgan fingerprint density at radius 3 is 1.76 bits per heavy atom. The maximum Gasteiger partial charge on any atom is 0.172 e. The number of fused-ring (bicyclic) bond motifs is 6. The summed E-state index contributed by atoms with van der Waals surface area (Å²) in [6.07, 6.45) is 3.65. The Balaban J connectivity index is 1.19. The second-order valence-corrected chi connectivity index (χ2v) is 16.4. The smallest absolute Gasteiger partial charge is 0.172 e. The lowest BCUT2D eigenvalue weighted by atomic mass is 9.97. The summed E-state index contributed by atoms with van der Waals surface area (Å²) in [6, 6.07) is 50.5. The molecule has 6 aromatic carbocycles. The van der Waals surface area contributed by atoms with Crippen LogP contribution in [0, 0.1) is 0 Å². The average Bonchev–Trinajstić information content (AvgIpc) is 3.70. The predicted molar refractivity (Wildman–Crippen MR) is 200 cm³/mol. The zero-order valence-electron chi connectivity index (χ0n) is 24.6. The topological polar surface area (TPSA) is 30.0 Å². The molecule has 0 radical (unpaired) electrons. The van der Waals surface area contributed by atoms with Gasteiger partial charge in [-0.2, -0.15) is 0 Å². The molecule has 3 aromatic heterocycles. The van der Waals surface area contributed by atoms with Crippen molar-refractivity contribution in [3.63, 3.8) is 0 Å². The number of nitrogens with zero attached hydrogens (tertiary/aromatic N) is 1. The van der Waals surface area contributed by atoms with Crippen molar-refractivity contribution in [2.75, 3.05) is 0 Å². The van der Waals surface area contributed by atoms with Gasteiger partial charge in [0.05, 0.1) is 0 Å². The zero-order chi connectivity index (χ0) is 30.7. The molecule has 0 aliphatic carbocycles. The summed E-state index contributed by atoms with van der Waals surface area (Å²) in [5.41, 5.74) is 4.51. The molecule has 0 fully saturated rings. The second-order valence-electron chi connectivity index (χ2n) is 11.5. The van der Waals surface area contributed by atoms with E-state index in [-0.39, 0.29) is 0 Å². The van der Waals surface area contributed by atoms with Gasteiger partial charge in [-0.1, -0.05) is 103 Å². The zero-order valence-corrected chi connectivity index (χ0v) is 27.2.